The normalized spacial score (nSPS) is 12.8. The van der Waals surface area contributed by atoms with Crippen LogP contribution in [0, 0.1) is 20.8 Å². The van der Waals surface area contributed by atoms with Crippen LogP contribution in [0.3, 0.4) is 0 Å². The minimum absolute atomic E-state index is 0.675. The highest BCUT2D eigenvalue weighted by atomic mass is 16.3. The minimum Gasteiger partial charge on any atom is -0.466 e. The average molecular weight is 218 g/mol. The van der Waals surface area contributed by atoms with Crippen molar-refractivity contribution in [2.75, 3.05) is 0 Å². The number of hydrogen-bond donors (Lipinski definition) is 1. The molecule has 0 amide bonds. The number of hydrogen-bond acceptors (Lipinski definition) is 4. The third-order valence-corrected chi connectivity index (χ3v) is 2.79. The van der Waals surface area contributed by atoms with Crippen molar-refractivity contribution in [3.63, 3.8) is 0 Å². The Balaban J connectivity index is 2.45. The molecule has 0 aliphatic carbocycles. The summed E-state index contributed by atoms with van der Waals surface area (Å²) in [6.45, 7) is 5.68. The van der Waals surface area contributed by atoms with Crippen LogP contribution in [-0.4, -0.2) is 15.1 Å². The Kier molecular flexibility index (Phi) is 2.75. The fraction of sp³-hybridized carbons (Fsp3) is 0.333. The number of aliphatic hydroxyl groups excluding tert-OH is 1. The van der Waals surface area contributed by atoms with Gasteiger partial charge in [0.1, 0.15) is 24.0 Å². The molecule has 0 spiro atoms. The van der Waals surface area contributed by atoms with E-state index in [2.05, 4.69) is 9.97 Å². The minimum atomic E-state index is -0.723. The molecular weight excluding hydrogens is 204 g/mol. The molecule has 1 atom stereocenters. The van der Waals surface area contributed by atoms with Gasteiger partial charge < -0.3 is 9.52 Å². The van der Waals surface area contributed by atoms with Crippen LogP contribution in [0.1, 0.15) is 34.3 Å². The van der Waals surface area contributed by atoms with E-state index in [1.807, 2.05) is 20.8 Å². The van der Waals surface area contributed by atoms with Gasteiger partial charge in [0, 0.05) is 23.5 Å². The highest BCUT2D eigenvalue weighted by Crippen LogP contribution is 2.30. The second-order valence-electron chi connectivity index (χ2n) is 3.83. The molecule has 2 heterocycles. The smallest absolute Gasteiger partial charge is 0.115 e. The summed E-state index contributed by atoms with van der Waals surface area (Å²) in [5.74, 6) is 1.58. The van der Waals surface area contributed by atoms with Crippen molar-refractivity contribution in [3.05, 3.63) is 46.9 Å². The molecule has 2 rings (SSSR count). The number of furan rings is 1. The molecule has 0 fully saturated rings. The molecule has 16 heavy (non-hydrogen) atoms. The summed E-state index contributed by atoms with van der Waals surface area (Å²) in [5.41, 5.74) is 2.47. The molecule has 0 aliphatic heterocycles. The summed E-state index contributed by atoms with van der Waals surface area (Å²) < 4.78 is 5.49. The number of aliphatic hydroxyl groups is 1. The van der Waals surface area contributed by atoms with E-state index in [0.29, 0.717) is 5.56 Å². The number of aromatic nitrogens is 2. The first-order valence-electron chi connectivity index (χ1n) is 5.10. The van der Waals surface area contributed by atoms with Gasteiger partial charge in [0.05, 0.1) is 0 Å². The van der Waals surface area contributed by atoms with Gasteiger partial charge in [0.2, 0.25) is 0 Å². The molecule has 84 valence electrons. The Morgan fingerprint density at radius 3 is 2.25 bits per heavy atom. The van der Waals surface area contributed by atoms with Crippen molar-refractivity contribution in [2.45, 2.75) is 26.9 Å². The van der Waals surface area contributed by atoms with Crippen molar-refractivity contribution in [1.29, 1.82) is 0 Å². The Morgan fingerprint density at radius 1 is 1.12 bits per heavy atom. The summed E-state index contributed by atoms with van der Waals surface area (Å²) >= 11 is 0. The summed E-state index contributed by atoms with van der Waals surface area (Å²) in [6.07, 6.45) is 3.94. The van der Waals surface area contributed by atoms with Crippen LogP contribution < -0.4 is 0 Å². The quantitative estimate of drug-likeness (QED) is 0.838. The molecule has 0 aliphatic rings. The van der Waals surface area contributed by atoms with Gasteiger partial charge in [-0.1, -0.05) is 0 Å². The van der Waals surface area contributed by atoms with Crippen molar-refractivity contribution < 1.29 is 9.52 Å². The Bertz CT molecular complexity index is 491. The summed E-state index contributed by atoms with van der Waals surface area (Å²) in [5, 5.41) is 10.2. The maximum atomic E-state index is 10.2. The van der Waals surface area contributed by atoms with Gasteiger partial charge in [-0.2, -0.15) is 0 Å². The Labute approximate surface area is 94.0 Å². The molecule has 0 aromatic carbocycles. The second kappa shape index (κ2) is 4.06. The molecule has 4 nitrogen and oxygen atoms in total. The zero-order valence-electron chi connectivity index (χ0n) is 9.56. The summed E-state index contributed by atoms with van der Waals surface area (Å²) in [7, 11) is 0. The molecule has 0 bridgehead atoms. The molecule has 0 saturated heterocycles. The van der Waals surface area contributed by atoms with Crippen LogP contribution in [0.15, 0.2) is 23.1 Å². The lowest BCUT2D eigenvalue weighted by Crippen LogP contribution is -2.02. The molecule has 4 heteroatoms. The standard InChI is InChI=1S/C12H14N2O2/c1-7-8(2)16-9(3)11(7)12(15)10-4-13-6-14-5-10/h4-6,12,15H,1-3H3. The largest absolute Gasteiger partial charge is 0.466 e. The van der Waals surface area contributed by atoms with Crippen LogP contribution in [0.5, 0.6) is 0 Å². The molecule has 1 unspecified atom stereocenters. The van der Waals surface area contributed by atoms with Crippen LogP contribution in [-0.2, 0) is 0 Å². The highest BCUT2D eigenvalue weighted by molar-refractivity contribution is 5.37. The van der Waals surface area contributed by atoms with Gasteiger partial charge in [-0.05, 0) is 26.3 Å². The SMILES string of the molecule is Cc1oc(C)c(C(O)c2cncnc2)c1C. The van der Waals surface area contributed by atoms with Crippen molar-refractivity contribution in [2.24, 2.45) is 0 Å². The predicted octanol–water partition coefficient (Wildman–Crippen LogP) is 2.08. The second-order valence-corrected chi connectivity index (χ2v) is 3.83. The molecular formula is C12H14N2O2. The lowest BCUT2D eigenvalue weighted by atomic mass is 10.0. The van der Waals surface area contributed by atoms with Crippen LogP contribution in [0.25, 0.3) is 0 Å². The highest BCUT2D eigenvalue weighted by Gasteiger charge is 2.20. The van der Waals surface area contributed by atoms with E-state index in [1.54, 1.807) is 12.4 Å². The fourth-order valence-corrected chi connectivity index (χ4v) is 1.83. The van der Waals surface area contributed by atoms with E-state index in [4.69, 9.17) is 4.42 Å². The molecule has 0 saturated carbocycles. The zero-order chi connectivity index (χ0) is 11.7. The van der Waals surface area contributed by atoms with Crippen LogP contribution >= 0.6 is 0 Å². The van der Waals surface area contributed by atoms with Crippen LogP contribution in [0.4, 0.5) is 0 Å². The van der Waals surface area contributed by atoms with E-state index < -0.39 is 6.10 Å². The van der Waals surface area contributed by atoms with E-state index in [1.165, 1.54) is 6.33 Å². The monoisotopic (exact) mass is 218 g/mol. The summed E-state index contributed by atoms with van der Waals surface area (Å²) in [6, 6.07) is 0. The Morgan fingerprint density at radius 2 is 1.75 bits per heavy atom. The molecule has 1 N–H and O–H groups in total. The van der Waals surface area contributed by atoms with Gasteiger partial charge in [-0.3, -0.25) is 0 Å². The lowest BCUT2D eigenvalue weighted by molar-refractivity contribution is 0.216. The fourth-order valence-electron chi connectivity index (χ4n) is 1.83. The van der Waals surface area contributed by atoms with Gasteiger partial charge in [0.25, 0.3) is 0 Å². The number of rotatable bonds is 2. The maximum absolute atomic E-state index is 10.2. The molecule has 0 radical (unpaired) electrons. The van der Waals surface area contributed by atoms with E-state index >= 15 is 0 Å². The van der Waals surface area contributed by atoms with Crippen molar-refractivity contribution >= 4 is 0 Å². The van der Waals surface area contributed by atoms with E-state index in [0.717, 1.165) is 22.6 Å². The van der Waals surface area contributed by atoms with E-state index in [-0.39, 0.29) is 0 Å². The van der Waals surface area contributed by atoms with Gasteiger partial charge in [0.15, 0.2) is 0 Å². The predicted molar refractivity (Wildman–Crippen MR) is 59.0 cm³/mol. The van der Waals surface area contributed by atoms with E-state index in [9.17, 15) is 5.11 Å². The Hall–Kier alpha value is -1.68. The van der Waals surface area contributed by atoms with Gasteiger partial charge in [-0.25, -0.2) is 9.97 Å². The number of nitrogens with zero attached hydrogens (tertiary/aromatic N) is 2. The zero-order valence-corrected chi connectivity index (χ0v) is 9.56. The van der Waals surface area contributed by atoms with Gasteiger partial charge in [-0.15, -0.1) is 0 Å². The van der Waals surface area contributed by atoms with Gasteiger partial charge >= 0.3 is 0 Å². The first-order valence-corrected chi connectivity index (χ1v) is 5.10. The first-order chi connectivity index (χ1) is 7.61. The van der Waals surface area contributed by atoms with Crippen LogP contribution in [0.2, 0.25) is 0 Å². The number of aryl methyl sites for hydroxylation is 2. The third-order valence-electron chi connectivity index (χ3n) is 2.79. The third kappa shape index (κ3) is 1.72. The van der Waals surface area contributed by atoms with Crippen molar-refractivity contribution in [1.82, 2.24) is 9.97 Å². The molecule has 2 aromatic heterocycles. The molecule has 2 aromatic rings. The lowest BCUT2D eigenvalue weighted by Gasteiger charge is -2.10. The topological polar surface area (TPSA) is 59.2 Å². The first kappa shape index (κ1) is 10.8. The summed E-state index contributed by atoms with van der Waals surface area (Å²) in [4.78, 5) is 7.79. The van der Waals surface area contributed by atoms with Crippen molar-refractivity contribution in [3.8, 4) is 0 Å². The maximum Gasteiger partial charge on any atom is 0.115 e. The average Bonchev–Trinajstić information content (AvgIpc) is 2.54.